The Balaban J connectivity index is 1.83. The maximum atomic E-state index is 13.2. The van der Waals surface area contributed by atoms with Crippen LogP contribution in [0.4, 0.5) is 5.69 Å². The molecule has 2 aromatic rings. The third-order valence-electron chi connectivity index (χ3n) is 6.22. The average Bonchev–Trinajstić information content (AvgIpc) is 2.73. The monoisotopic (exact) mass is 424 g/mol. The second-order valence-corrected chi connectivity index (χ2v) is 9.83. The summed E-state index contributed by atoms with van der Waals surface area (Å²) in [6.45, 7) is 4.37. The Kier molecular flexibility index (Phi) is 7.37. The van der Waals surface area contributed by atoms with Crippen molar-refractivity contribution in [3.05, 3.63) is 41.5 Å². The maximum Gasteiger partial charge on any atom is 0.261 e. The third-order valence-corrected chi connectivity index (χ3v) is 6.22. The lowest BCUT2D eigenvalue weighted by molar-refractivity contribution is -0.869. The van der Waals surface area contributed by atoms with Crippen molar-refractivity contribution in [3.8, 4) is 0 Å². The highest BCUT2D eigenvalue weighted by Gasteiger charge is 2.34. The minimum absolute atomic E-state index is 0.174. The first-order valence-corrected chi connectivity index (χ1v) is 11.7. The van der Waals surface area contributed by atoms with Crippen LogP contribution in [0.1, 0.15) is 66.2 Å². The first-order valence-electron chi connectivity index (χ1n) is 11.7. The number of hydrogen-bond donors (Lipinski definition) is 0. The number of unbranched alkanes of at least 4 members (excludes halogenated alkanes) is 5. The first kappa shape index (κ1) is 23.3. The van der Waals surface area contributed by atoms with Crippen LogP contribution in [-0.2, 0) is 0 Å². The molecule has 1 heterocycles. The molecule has 0 aromatic heterocycles. The summed E-state index contributed by atoms with van der Waals surface area (Å²) in [5, 5.41) is 1.81. The van der Waals surface area contributed by atoms with E-state index in [4.69, 9.17) is 0 Å². The molecule has 5 nitrogen and oxygen atoms in total. The quantitative estimate of drug-likeness (QED) is 0.291. The predicted octanol–water partition coefficient (Wildman–Crippen LogP) is 4.94. The summed E-state index contributed by atoms with van der Waals surface area (Å²) in [5.74, 6) is -0.348. The lowest BCUT2D eigenvalue weighted by Gasteiger charge is -2.31. The van der Waals surface area contributed by atoms with E-state index in [0.29, 0.717) is 22.2 Å². The number of nitrogens with zero attached hydrogens (tertiary/aromatic N) is 3. The SMILES string of the molecule is CCCCCCCCN(C)c1ccc2c3c(cccc13)C(=O)N(CC[N+](C)(C)C)C2=O. The number of rotatable bonds is 11. The van der Waals surface area contributed by atoms with Crippen LogP contribution >= 0.6 is 0 Å². The first-order chi connectivity index (χ1) is 14.7. The Bertz CT molecular complexity index is 923. The minimum Gasteiger partial charge on any atom is -0.374 e. The van der Waals surface area contributed by atoms with Gasteiger partial charge in [0.25, 0.3) is 11.8 Å². The fourth-order valence-corrected chi connectivity index (χ4v) is 4.32. The summed E-state index contributed by atoms with van der Waals surface area (Å²) < 4.78 is 0.705. The number of amides is 2. The summed E-state index contributed by atoms with van der Waals surface area (Å²) in [5.41, 5.74) is 2.38. The van der Waals surface area contributed by atoms with Gasteiger partial charge in [0.1, 0.15) is 0 Å². The van der Waals surface area contributed by atoms with Gasteiger partial charge in [0.05, 0.1) is 34.2 Å². The van der Waals surface area contributed by atoms with Crippen LogP contribution in [0.15, 0.2) is 30.3 Å². The number of anilines is 1. The number of carbonyl (C=O) groups excluding carboxylic acids is 2. The molecular weight excluding hydrogens is 386 g/mol. The van der Waals surface area contributed by atoms with Crippen molar-refractivity contribution >= 4 is 28.3 Å². The van der Waals surface area contributed by atoms with Crippen molar-refractivity contribution in [2.45, 2.75) is 45.4 Å². The zero-order chi connectivity index (χ0) is 22.6. The summed E-state index contributed by atoms with van der Waals surface area (Å²) in [6, 6.07) is 9.79. The molecule has 0 fully saturated rings. The number of imide groups is 1. The molecule has 0 aliphatic carbocycles. The highest BCUT2D eigenvalue weighted by molar-refractivity contribution is 6.26. The summed E-state index contributed by atoms with van der Waals surface area (Å²) >= 11 is 0. The van der Waals surface area contributed by atoms with E-state index < -0.39 is 0 Å². The smallest absolute Gasteiger partial charge is 0.261 e. The molecule has 0 bridgehead atoms. The highest BCUT2D eigenvalue weighted by atomic mass is 16.2. The second-order valence-electron chi connectivity index (χ2n) is 9.83. The molecule has 0 radical (unpaired) electrons. The van der Waals surface area contributed by atoms with Gasteiger partial charge in [0.2, 0.25) is 0 Å². The highest BCUT2D eigenvalue weighted by Crippen LogP contribution is 2.35. The van der Waals surface area contributed by atoms with Crippen LogP contribution in [0, 0.1) is 0 Å². The van der Waals surface area contributed by atoms with E-state index in [0.717, 1.165) is 36.0 Å². The van der Waals surface area contributed by atoms with Gasteiger partial charge < -0.3 is 9.38 Å². The molecule has 0 N–H and O–H groups in total. The lowest BCUT2D eigenvalue weighted by atomic mass is 9.92. The van der Waals surface area contributed by atoms with Crippen LogP contribution in [-0.4, -0.2) is 69.0 Å². The number of quaternary nitrogens is 1. The molecule has 1 aliphatic heterocycles. The fraction of sp³-hybridized carbons (Fsp3) is 0.538. The molecule has 1 aliphatic rings. The average molecular weight is 425 g/mol. The molecule has 168 valence electrons. The van der Waals surface area contributed by atoms with E-state index in [1.165, 1.54) is 37.0 Å². The molecule has 0 saturated carbocycles. The number of benzene rings is 2. The second kappa shape index (κ2) is 9.82. The molecule has 0 atom stereocenters. The zero-order valence-corrected chi connectivity index (χ0v) is 19.9. The zero-order valence-electron chi connectivity index (χ0n) is 19.9. The van der Waals surface area contributed by atoms with Crippen LogP contribution in [0.2, 0.25) is 0 Å². The summed E-state index contributed by atoms with van der Waals surface area (Å²) in [7, 11) is 8.31. The predicted molar refractivity (Wildman–Crippen MR) is 129 cm³/mol. The van der Waals surface area contributed by atoms with Crippen molar-refractivity contribution in [2.75, 3.05) is 52.7 Å². The molecule has 3 rings (SSSR count). The van der Waals surface area contributed by atoms with Crippen molar-refractivity contribution in [3.63, 3.8) is 0 Å². The van der Waals surface area contributed by atoms with Crippen LogP contribution in [0.25, 0.3) is 10.8 Å². The Hall–Kier alpha value is -2.40. The van der Waals surface area contributed by atoms with Crippen molar-refractivity contribution < 1.29 is 14.1 Å². The van der Waals surface area contributed by atoms with E-state index in [9.17, 15) is 9.59 Å². The Morgan fingerprint density at radius 1 is 0.871 bits per heavy atom. The Morgan fingerprint density at radius 3 is 2.19 bits per heavy atom. The summed E-state index contributed by atoms with van der Waals surface area (Å²) in [6.07, 6.45) is 7.58. The molecule has 2 aromatic carbocycles. The van der Waals surface area contributed by atoms with Gasteiger partial charge in [-0.1, -0.05) is 51.2 Å². The van der Waals surface area contributed by atoms with Crippen molar-refractivity contribution in [1.82, 2.24) is 4.90 Å². The van der Waals surface area contributed by atoms with E-state index in [-0.39, 0.29) is 11.8 Å². The van der Waals surface area contributed by atoms with Crippen molar-refractivity contribution in [1.29, 1.82) is 0 Å². The molecule has 0 spiro atoms. The largest absolute Gasteiger partial charge is 0.374 e. The van der Waals surface area contributed by atoms with Gasteiger partial charge in [-0.15, -0.1) is 0 Å². The number of likely N-dealkylation sites (N-methyl/N-ethyl adjacent to an activating group) is 1. The topological polar surface area (TPSA) is 40.6 Å². The molecule has 2 amide bonds. The number of carbonyl (C=O) groups is 2. The maximum absolute atomic E-state index is 13.2. The van der Waals surface area contributed by atoms with Crippen LogP contribution in [0.3, 0.4) is 0 Å². The molecule has 31 heavy (non-hydrogen) atoms. The normalized spacial score (nSPS) is 13.9. The van der Waals surface area contributed by atoms with Crippen LogP contribution < -0.4 is 4.90 Å². The van der Waals surface area contributed by atoms with E-state index in [1.54, 1.807) is 0 Å². The van der Waals surface area contributed by atoms with Gasteiger partial charge in [-0.25, -0.2) is 0 Å². The van der Waals surface area contributed by atoms with E-state index in [1.807, 2.05) is 30.3 Å². The van der Waals surface area contributed by atoms with Gasteiger partial charge >= 0.3 is 0 Å². The molecular formula is C26H38N3O2+. The Morgan fingerprint density at radius 2 is 1.52 bits per heavy atom. The molecule has 5 heteroatoms. The molecule has 0 unspecified atom stereocenters. The van der Waals surface area contributed by atoms with Crippen LogP contribution in [0.5, 0.6) is 0 Å². The van der Waals surface area contributed by atoms with Gasteiger partial charge in [0.15, 0.2) is 0 Å². The van der Waals surface area contributed by atoms with Gasteiger partial charge in [-0.2, -0.15) is 0 Å². The third kappa shape index (κ3) is 5.27. The van der Waals surface area contributed by atoms with Gasteiger partial charge in [0, 0.05) is 41.2 Å². The number of hydrogen-bond acceptors (Lipinski definition) is 3. The fourth-order valence-electron chi connectivity index (χ4n) is 4.32. The van der Waals surface area contributed by atoms with Gasteiger partial charge in [-0.05, 0) is 24.6 Å². The van der Waals surface area contributed by atoms with E-state index >= 15 is 0 Å². The Labute approximate surface area is 187 Å². The van der Waals surface area contributed by atoms with E-state index in [2.05, 4.69) is 40.0 Å². The molecule has 0 saturated heterocycles. The van der Waals surface area contributed by atoms with Gasteiger partial charge in [-0.3, -0.25) is 14.5 Å². The lowest BCUT2D eigenvalue weighted by Crippen LogP contribution is -2.47. The minimum atomic E-state index is -0.174. The van der Waals surface area contributed by atoms with Crippen molar-refractivity contribution in [2.24, 2.45) is 0 Å². The standard InChI is InChI=1S/C26H38N3O2/c1-6-7-8-9-10-11-17-27(2)23-16-15-22-24-20(23)13-12-14-21(24)25(30)28(26(22)31)18-19-29(3,4)5/h12-16H,6-11,17-19H2,1-5H3/q+1. The summed E-state index contributed by atoms with van der Waals surface area (Å²) in [4.78, 5) is 30.1.